The van der Waals surface area contributed by atoms with Crippen LogP contribution in [0.4, 0.5) is 5.82 Å². The molecule has 0 fully saturated rings. The normalized spacial score (nSPS) is 10.4. The van der Waals surface area contributed by atoms with Crippen LogP contribution in [0.15, 0.2) is 28.3 Å². The van der Waals surface area contributed by atoms with E-state index in [1.807, 2.05) is 18.5 Å². The van der Waals surface area contributed by atoms with Gasteiger partial charge in [0.05, 0.1) is 11.9 Å². The quantitative estimate of drug-likeness (QED) is 0.643. The molecule has 0 atom stereocenters. The molecule has 17 heavy (non-hydrogen) atoms. The molecule has 0 bridgehead atoms. The molecule has 0 spiro atoms. The molecular weight excluding hydrogens is 252 g/mol. The summed E-state index contributed by atoms with van der Waals surface area (Å²) in [6.45, 7) is 2.85. The average Bonchev–Trinajstić information content (AvgIpc) is 2.82. The Balaban J connectivity index is 1.63. The largest absolute Gasteiger partial charge is 0.369 e. The van der Waals surface area contributed by atoms with Crippen molar-refractivity contribution < 1.29 is 0 Å². The highest BCUT2D eigenvalue weighted by molar-refractivity contribution is 8.00. The van der Waals surface area contributed by atoms with Crippen molar-refractivity contribution in [2.75, 3.05) is 17.6 Å². The van der Waals surface area contributed by atoms with E-state index in [0.717, 1.165) is 34.6 Å². The zero-order valence-electron chi connectivity index (χ0n) is 9.59. The summed E-state index contributed by atoms with van der Waals surface area (Å²) in [7, 11) is 0. The van der Waals surface area contributed by atoms with Crippen molar-refractivity contribution in [2.45, 2.75) is 17.7 Å². The van der Waals surface area contributed by atoms with Crippen molar-refractivity contribution in [3.05, 3.63) is 29.7 Å². The van der Waals surface area contributed by atoms with Crippen LogP contribution in [-0.2, 0) is 0 Å². The molecule has 0 saturated carbocycles. The Kier molecular flexibility index (Phi) is 4.75. The van der Waals surface area contributed by atoms with Crippen molar-refractivity contribution in [2.24, 2.45) is 0 Å². The SMILES string of the molecule is Cc1cncc(NCCCSc2nccs2)n1. The fraction of sp³-hybridized carbons (Fsp3) is 0.364. The molecule has 2 aromatic heterocycles. The van der Waals surface area contributed by atoms with Crippen LogP contribution in [0.2, 0.25) is 0 Å². The average molecular weight is 266 g/mol. The third-order valence-electron chi connectivity index (χ3n) is 2.02. The number of hydrogen-bond acceptors (Lipinski definition) is 6. The minimum Gasteiger partial charge on any atom is -0.369 e. The fourth-order valence-corrected chi connectivity index (χ4v) is 2.93. The molecule has 2 aromatic rings. The lowest BCUT2D eigenvalue weighted by molar-refractivity contribution is 0.968. The van der Waals surface area contributed by atoms with Crippen molar-refractivity contribution >= 4 is 28.9 Å². The van der Waals surface area contributed by atoms with Gasteiger partial charge < -0.3 is 5.32 Å². The highest BCUT2D eigenvalue weighted by Crippen LogP contribution is 2.20. The van der Waals surface area contributed by atoms with Crippen LogP contribution in [-0.4, -0.2) is 27.2 Å². The predicted octanol–water partition coefficient (Wildman–Crippen LogP) is 2.84. The van der Waals surface area contributed by atoms with Gasteiger partial charge in [0.15, 0.2) is 0 Å². The highest BCUT2D eigenvalue weighted by atomic mass is 32.2. The van der Waals surface area contributed by atoms with E-state index in [2.05, 4.69) is 20.3 Å². The van der Waals surface area contributed by atoms with Gasteiger partial charge in [-0.15, -0.1) is 11.3 Å². The van der Waals surface area contributed by atoms with Crippen LogP contribution in [0.5, 0.6) is 0 Å². The second-order valence-electron chi connectivity index (χ2n) is 3.47. The molecular formula is C11H14N4S2. The summed E-state index contributed by atoms with van der Waals surface area (Å²) in [6, 6.07) is 0. The minimum atomic E-state index is 0.851. The first-order valence-corrected chi connectivity index (χ1v) is 7.26. The number of aromatic nitrogens is 3. The van der Waals surface area contributed by atoms with Crippen LogP contribution in [0, 0.1) is 6.92 Å². The van der Waals surface area contributed by atoms with Gasteiger partial charge in [0.2, 0.25) is 0 Å². The lowest BCUT2D eigenvalue weighted by atomic mass is 10.4. The Morgan fingerprint density at radius 2 is 2.35 bits per heavy atom. The molecule has 90 valence electrons. The number of hydrogen-bond donors (Lipinski definition) is 1. The maximum absolute atomic E-state index is 4.33. The molecule has 0 aliphatic carbocycles. The van der Waals surface area contributed by atoms with Gasteiger partial charge in [0.1, 0.15) is 10.2 Å². The topological polar surface area (TPSA) is 50.7 Å². The van der Waals surface area contributed by atoms with Gasteiger partial charge >= 0.3 is 0 Å². The fourth-order valence-electron chi connectivity index (χ4n) is 1.28. The number of thiazole rings is 1. The number of rotatable bonds is 6. The molecule has 0 radical (unpaired) electrons. The van der Waals surface area contributed by atoms with E-state index in [-0.39, 0.29) is 0 Å². The maximum Gasteiger partial charge on any atom is 0.149 e. The summed E-state index contributed by atoms with van der Waals surface area (Å²) in [6.07, 6.45) is 6.43. The van der Waals surface area contributed by atoms with E-state index in [9.17, 15) is 0 Å². The summed E-state index contributed by atoms with van der Waals surface area (Å²) in [4.78, 5) is 12.6. The lowest BCUT2D eigenvalue weighted by Crippen LogP contribution is -2.05. The standard InChI is InChI=1S/C11H14N4S2/c1-9-7-12-8-10(15-9)13-3-2-5-16-11-14-4-6-17-11/h4,6-8H,2-3,5H2,1H3,(H,13,15). The van der Waals surface area contributed by atoms with Gasteiger partial charge in [-0.2, -0.15) is 0 Å². The third kappa shape index (κ3) is 4.32. The third-order valence-corrected chi connectivity index (χ3v) is 4.07. The van der Waals surface area contributed by atoms with Gasteiger partial charge in [-0.05, 0) is 13.3 Å². The summed E-state index contributed by atoms with van der Waals surface area (Å²) >= 11 is 3.49. The molecule has 2 heterocycles. The highest BCUT2D eigenvalue weighted by Gasteiger charge is 1.97. The second-order valence-corrected chi connectivity index (χ2v) is 5.71. The van der Waals surface area contributed by atoms with Crippen molar-refractivity contribution in [3.8, 4) is 0 Å². The van der Waals surface area contributed by atoms with E-state index in [4.69, 9.17) is 0 Å². The van der Waals surface area contributed by atoms with Crippen LogP contribution >= 0.6 is 23.1 Å². The van der Waals surface area contributed by atoms with E-state index < -0.39 is 0 Å². The van der Waals surface area contributed by atoms with Crippen LogP contribution in [0.1, 0.15) is 12.1 Å². The first kappa shape index (κ1) is 12.3. The molecule has 0 aromatic carbocycles. The zero-order valence-corrected chi connectivity index (χ0v) is 11.2. The summed E-state index contributed by atoms with van der Waals surface area (Å²) in [5, 5.41) is 5.26. The van der Waals surface area contributed by atoms with E-state index in [0.29, 0.717) is 0 Å². The smallest absolute Gasteiger partial charge is 0.149 e. The lowest BCUT2D eigenvalue weighted by Gasteiger charge is -2.04. The van der Waals surface area contributed by atoms with Crippen molar-refractivity contribution in [3.63, 3.8) is 0 Å². The number of nitrogens with zero attached hydrogens (tertiary/aromatic N) is 3. The van der Waals surface area contributed by atoms with Crippen LogP contribution in [0.3, 0.4) is 0 Å². The summed E-state index contributed by atoms with van der Waals surface area (Å²) in [5.74, 6) is 1.92. The summed E-state index contributed by atoms with van der Waals surface area (Å²) in [5.41, 5.74) is 0.937. The predicted molar refractivity (Wildman–Crippen MR) is 72.7 cm³/mol. The molecule has 2 rings (SSSR count). The number of anilines is 1. The molecule has 0 amide bonds. The molecule has 6 heteroatoms. The van der Waals surface area contributed by atoms with Gasteiger partial charge in [0.25, 0.3) is 0 Å². The number of thioether (sulfide) groups is 1. The Labute approximate surface area is 109 Å². The van der Waals surface area contributed by atoms with Crippen LogP contribution < -0.4 is 5.32 Å². The Bertz CT molecular complexity index is 444. The molecule has 0 unspecified atom stereocenters. The minimum absolute atomic E-state index is 0.851. The molecule has 0 aliphatic rings. The number of aryl methyl sites for hydroxylation is 1. The first-order valence-electron chi connectivity index (χ1n) is 5.39. The van der Waals surface area contributed by atoms with Crippen LogP contribution in [0.25, 0.3) is 0 Å². The first-order chi connectivity index (χ1) is 8.34. The van der Waals surface area contributed by atoms with E-state index in [1.165, 1.54) is 0 Å². The van der Waals surface area contributed by atoms with E-state index >= 15 is 0 Å². The molecule has 1 N–H and O–H groups in total. The van der Waals surface area contributed by atoms with Gasteiger partial charge in [-0.3, -0.25) is 4.98 Å². The van der Waals surface area contributed by atoms with Crippen molar-refractivity contribution in [1.82, 2.24) is 15.0 Å². The van der Waals surface area contributed by atoms with Gasteiger partial charge in [0, 0.05) is 30.1 Å². The van der Waals surface area contributed by atoms with Crippen molar-refractivity contribution in [1.29, 1.82) is 0 Å². The number of nitrogens with one attached hydrogen (secondary N) is 1. The van der Waals surface area contributed by atoms with E-state index in [1.54, 1.807) is 35.5 Å². The maximum atomic E-state index is 4.33. The zero-order chi connectivity index (χ0) is 11.9. The van der Waals surface area contributed by atoms with Gasteiger partial charge in [-0.25, -0.2) is 9.97 Å². The Morgan fingerprint density at radius 3 is 3.12 bits per heavy atom. The Morgan fingerprint density at radius 1 is 1.41 bits per heavy atom. The Hall–Kier alpha value is -1.14. The molecule has 0 saturated heterocycles. The second kappa shape index (κ2) is 6.56. The van der Waals surface area contributed by atoms with Gasteiger partial charge in [-0.1, -0.05) is 11.8 Å². The molecule has 4 nitrogen and oxygen atoms in total. The monoisotopic (exact) mass is 266 g/mol. The molecule has 0 aliphatic heterocycles. The summed E-state index contributed by atoms with van der Waals surface area (Å²) < 4.78 is 1.14.